The van der Waals surface area contributed by atoms with E-state index in [-0.39, 0.29) is 5.91 Å². The molecular weight excluding hydrogens is 368 g/mol. The van der Waals surface area contributed by atoms with Crippen LogP contribution >= 0.6 is 0 Å². The van der Waals surface area contributed by atoms with E-state index in [4.69, 9.17) is 9.26 Å². The second kappa shape index (κ2) is 10.3. The SMILES string of the molecule is CCOc1ccc(-c2noc(CCC(=O)NCCN(C)c3ccccc3)n2)cc1. The van der Waals surface area contributed by atoms with Crippen LogP contribution in [0.5, 0.6) is 5.75 Å². The quantitative estimate of drug-likeness (QED) is 0.568. The number of nitrogens with one attached hydrogen (secondary N) is 1. The number of para-hydroxylation sites is 1. The zero-order valence-electron chi connectivity index (χ0n) is 16.8. The molecule has 0 bridgehead atoms. The highest BCUT2D eigenvalue weighted by molar-refractivity contribution is 5.76. The molecule has 3 rings (SSSR count). The molecule has 0 spiro atoms. The summed E-state index contributed by atoms with van der Waals surface area (Å²) in [6.45, 7) is 3.87. The molecule has 1 aromatic heterocycles. The van der Waals surface area contributed by atoms with Crippen LogP contribution in [0.25, 0.3) is 11.4 Å². The average Bonchev–Trinajstić information content (AvgIpc) is 3.23. The molecule has 1 amide bonds. The Bertz CT molecular complexity index is 894. The van der Waals surface area contributed by atoms with Gasteiger partial charge in [-0.15, -0.1) is 0 Å². The van der Waals surface area contributed by atoms with Crippen molar-refractivity contribution in [1.29, 1.82) is 0 Å². The Kier molecular flexibility index (Phi) is 7.22. The number of rotatable bonds is 10. The highest BCUT2D eigenvalue weighted by Crippen LogP contribution is 2.20. The van der Waals surface area contributed by atoms with Crippen LogP contribution in [-0.2, 0) is 11.2 Å². The van der Waals surface area contributed by atoms with Crippen LogP contribution in [0.2, 0.25) is 0 Å². The van der Waals surface area contributed by atoms with Crippen molar-refractivity contribution in [3.05, 3.63) is 60.5 Å². The van der Waals surface area contributed by atoms with Gasteiger partial charge in [-0.3, -0.25) is 4.79 Å². The molecule has 0 atom stereocenters. The molecule has 1 N–H and O–H groups in total. The van der Waals surface area contributed by atoms with E-state index in [0.29, 0.717) is 37.7 Å². The van der Waals surface area contributed by atoms with Gasteiger partial charge in [0.05, 0.1) is 6.61 Å². The van der Waals surface area contributed by atoms with E-state index in [9.17, 15) is 4.79 Å². The highest BCUT2D eigenvalue weighted by Gasteiger charge is 2.11. The molecule has 0 unspecified atom stereocenters. The number of carbonyl (C=O) groups excluding carboxylic acids is 1. The van der Waals surface area contributed by atoms with Crippen LogP contribution in [0, 0.1) is 0 Å². The third-order valence-corrected chi connectivity index (χ3v) is 4.42. The summed E-state index contributed by atoms with van der Waals surface area (Å²) in [5.74, 6) is 1.72. The van der Waals surface area contributed by atoms with E-state index in [1.54, 1.807) is 0 Å². The summed E-state index contributed by atoms with van der Waals surface area (Å²) in [6, 6.07) is 17.6. The number of ether oxygens (including phenoxy) is 1. The number of hydrogen-bond donors (Lipinski definition) is 1. The van der Waals surface area contributed by atoms with Gasteiger partial charge >= 0.3 is 0 Å². The van der Waals surface area contributed by atoms with Crippen LogP contribution in [0.15, 0.2) is 59.1 Å². The number of anilines is 1. The molecule has 29 heavy (non-hydrogen) atoms. The van der Waals surface area contributed by atoms with E-state index in [1.165, 1.54) is 0 Å². The minimum Gasteiger partial charge on any atom is -0.494 e. The Morgan fingerprint density at radius 2 is 1.90 bits per heavy atom. The van der Waals surface area contributed by atoms with Gasteiger partial charge < -0.3 is 19.5 Å². The van der Waals surface area contributed by atoms with Gasteiger partial charge in [-0.05, 0) is 43.3 Å². The van der Waals surface area contributed by atoms with Crippen LogP contribution in [0.4, 0.5) is 5.69 Å². The highest BCUT2D eigenvalue weighted by atomic mass is 16.5. The van der Waals surface area contributed by atoms with E-state index in [2.05, 4.69) is 20.4 Å². The lowest BCUT2D eigenvalue weighted by molar-refractivity contribution is -0.121. The maximum atomic E-state index is 12.1. The monoisotopic (exact) mass is 394 g/mol. The summed E-state index contributed by atoms with van der Waals surface area (Å²) in [7, 11) is 2.00. The van der Waals surface area contributed by atoms with E-state index >= 15 is 0 Å². The lowest BCUT2D eigenvalue weighted by Crippen LogP contribution is -2.33. The number of carbonyl (C=O) groups is 1. The molecule has 1 heterocycles. The molecule has 0 aliphatic carbocycles. The topological polar surface area (TPSA) is 80.5 Å². The molecule has 0 aliphatic rings. The Morgan fingerprint density at radius 1 is 1.14 bits per heavy atom. The summed E-state index contributed by atoms with van der Waals surface area (Å²) < 4.78 is 10.7. The second-order valence-electron chi connectivity index (χ2n) is 6.58. The number of nitrogens with zero attached hydrogens (tertiary/aromatic N) is 3. The van der Waals surface area contributed by atoms with Gasteiger partial charge in [0.25, 0.3) is 0 Å². The van der Waals surface area contributed by atoms with Crippen molar-refractivity contribution in [3.8, 4) is 17.1 Å². The summed E-state index contributed by atoms with van der Waals surface area (Å²) >= 11 is 0. The number of amides is 1. The molecule has 152 valence electrons. The van der Waals surface area contributed by atoms with Crippen molar-refractivity contribution in [3.63, 3.8) is 0 Å². The summed E-state index contributed by atoms with van der Waals surface area (Å²) in [5.41, 5.74) is 1.96. The third kappa shape index (κ3) is 6.07. The van der Waals surface area contributed by atoms with Gasteiger partial charge in [-0.2, -0.15) is 4.98 Å². The summed E-state index contributed by atoms with van der Waals surface area (Å²) in [4.78, 5) is 18.5. The normalized spacial score (nSPS) is 10.6. The molecule has 2 aromatic carbocycles. The van der Waals surface area contributed by atoms with Gasteiger partial charge in [0, 0.05) is 44.2 Å². The van der Waals surface area contributed by atoms with Crippen LogP contribution in [-0.4, -0.2) is 42.8 Å². The third-order valence-electron chi connectivity index (χ3n) is 4.42. The number of benzene rings is 2. The lowest BCUT2D eigenvalue weighted by atomic mass is 10.2. The van der Waals surface area contributed by atoms with Gasteiger partial charge in [-0.1, -0.05) is 23.4 Å². The maximum Gasteiger partial charge on any atom is 0.227 e. The van der Waals surface area contributed by atoms with Crippen molar-refractivity contribution in [2.75, 3.05) is 31.6 Å². The first-order valence-electron chi connectivity index (χ1n) is 9.74. The zero-order chi connectivity index (χ0) is 20.5. The fourth-order valence-corrected chi connectivity index (χ4v) is 2.82. The number of aromatic nitrogens is 2. The van der Waals surface area contributed by atoms with Gasteiger partial charge in [0.2, 0.25) is 17.6 Å². The van der Waals surface area contributed by atoms with E-state index in [0.717, 1.165) is 23.5 Å². The second-order valence-corrected chi connectivity index (χ2v) is 6.58. The van der Waals surface area contributed by atoms with Crippen LogP contribution < -0.4 is 15.0 Å². The van der Waals surface area contributed by atoms with E-state index < -0.39 is 0 Å². The van der Waals surface area contributed by atoms with Crippen molar-refractivity contribution in [2.45, 2.75) is 19.8 Å². The Morgan fingerprint density at radius 3 is 2.62 bits per heavy atom. The van der Waals surface area contributed by atoms with Crippen LogP contribution in [0.1, 0.15) is 19.2 Å². The molecule has 0 aliphatic heterocycles. The summed E-state index contributed by atoms with van der Waals surface area (Å²) in [5, 5.41) is 6.92. The standard InChI is InChI=1S/C22H26N4O3/c1-3-28-19-11-9-17(10-12-19)22-24-21(29-25-22)14-13-20(27)23-15-16-26(2)18-7-5-4-6-8-18/h4-12H,3,13-16H2,1-2H3,(H,23,27). The minimum absolute atomic E-state index is 0.0349. The van der Waals surface area contributed by atoms with Gasteiger partial charge in [0.15, 0.2) is 0 Å². The summed E-state index contributed by atoms with van der Waals surface area (Å²) in [6.07, 6.45) is 0.713. The first-order chi connectivity index (χ1) is 14.2. The molecule has 3 aromatic rings. The number of likely N-dealkylation sites (N-methyl/N-ethyl adjacent to an activating group) is 1. The fourth-order valence-electron chi connectivity index (χ4n) is 2.82. The van der Waals surface area contributed by atoms with Gasteiger partial charge in [0.1, 0.15) is 5.75 Å². The smallest absolute Gasteiger partial charge is 0.227 e. The van der Waals surface area contributed by atoms with Crippen molar-refractivity contribution >= 4 is 11.6 Å². The molecular formula is C22H26N4O3. The largest absolute Gasteiger partial charge is 0.494 e. The fraction of sp³-hybridized carbons (Fsp3) is 0.318. The predicted octanol–water partition coefficient (Wildman–Crippen LogP) is 3.32. The maximum absolute atomic E-state index is 12.1. The van der Waals surface area contributed by atoms with Crippen molar-refractivity contribution in [2.24, 2.45) is 0 Å². The minimum atomic E-state index is -0.0349. The van der Waals surface area contributed by atoms with E-state index in [1.807, 2.05) is 68.6 Å². The predicted molar refractivity (Wildman–Crippen MR) is 112 cm³/mol. The first kappa shape index (κ1) is 20.4. The Balaban J connectivity index is 1.41. The average molecular weight is 394 g/mol. The number of hydrogen-bond acceptors (Lipinski definition) is 6. The van der Waals surface area contributed by atoms with Crippen LogP contribution in [0.3, 0.4) is 0 Å². The molecule has 0 radical (unpaired) electrons. The molecule has 7 nitrogen and oxygen atoms in total. The van der Waals surface area contributed by atoms with Gasteiger partial charge in [-0.25, -0.2) is 0 Å². The molecule has 7 heteroatoms. The molecule has 0 fully saturated rings. The first-order valence-corrected chi connectivity index (χ1v) is 9.74. The zero-order valence-corrected chi connectivity index (χ0v) is 16.8. The van der Waals surface area contributed by atoms with Crippen molar-refractivity contribution in [1.82, 2.24) is 15.5 Å². The number of aryl methyl sites for hydroxylation is 1. The molecule has 0 saturated heterocycles. The lowest BCUT2D eigenvalue weighted by Gasteiger charge is -2.19. The van der Waals surface area contributed by atoms with Crippen molar-refractivity contribution < 1.29 is 14.1 Å². The Labute approximate surface area is 170 Å². The Hall–Kier alpha value is -3.35. The molecule has 0 saturated carbocycles.